The number of rotatable bonds is 6. The van der Waals surface area contributed by atoms with Crippen molar-refractivity contribution in [3.63, 3.8) is 0 Å². The van der Waals surface area contributed by atoms with E-state index in [0.717, 1.165) is 42.5 Å². The first kappa shape index (κ1) is 20.0. The summed E-state index contributed by atoms with van der Waals surface area (Å²) in [5.74, 6) is 0. The number of fused-ring (bicyclic) bond motifs is 2. The lowest BCUT2D eigenvalue weighted by Crippen LogP contribution is -2.20. The Morgan fingerprint density at radius 1 is 0.938 bits per heavy atom. The number of hydrogen-bond donors (Lipinski definition) is 0. The maximum absolute atomic E-state index is 9.02. The van der Waals surface area contributed by atoms with E-state index in [9.17, 15) is 0 Å². The highest BCUT2D eigenvalue weighted by molar-refractivity contribution is 5.80. The van der Waals surface area contributed by atoms with Gasteiger partial charge in [0.15, 0.2) is 0 Å². The van der Waals surface area contributed by atoms with E-state index in [4.69, 9.17) is 10.2 Å². The molecule has 2 heterocycles. The summed E-state index contributed by atoms with van der Waals surface area (Å²) in [5.41, 5.74) is 8.48. The van der Waals surface area contributed by atoms with Crippen LogP contribution in [0.15, 0.2) is 78.9 Å². The molecule has 5 rings (SSSR count). The Hall–Kier alpha value is -3.90. The molecule has 1 aliphatic rings. The third-order valence-electron chi connectivity index (χ3n) is 6.07. The van der Waals surface area contributed by atoms with Crippen LogP contribution in [0.5, 0.6) is 0 Å². The zero-order valence-corrected chi connectivity index (χ0v) is 18.0. The molecule has 0 radical (unpaired) electrons. The minimum atomic E-state index is 0.563. The molecule has 0 amide bonds. The summed E-state index contributed by atoms with van der Waals surface area (Å²) in [6.07, 6.45) is 6.67. The molecule has 0 saturated carbocycles. The van der Waals surface area contributed by atoms with E-state index >= 15 is 0 Å². The maximum atomic E-state index is 9.02. The highest BCUT2D eigenvalue weighted by atomic mass is 15.1. The molecule has 0 spiro atoms. The second kappa shape index (κ2) is 9.08. The zero-order chi connectivity index (χ0) is 21.8. The first-order chi connectivity index (χ1) is 15.8. The third kappa shape index (κ3) is 4.26. The molecular formula is C29H25N3. The fourth-order valence-corrected chi connectivity index (χ4v) is 4.54. The highest BCUT2D eigenvalue weighted by Gasteiger charge is 2.22. The fraction of sp³-hybridized carbons (Fsp3) is 0.172. The van der Waals surface area contributed by atoms with Crippen LogP contribution in [0.2, 0.25) is 0 Å². The van der Waals surface area contributed by atoms with E-state index in [2.05, 4.69) is 83.8 Å². The van der Waals surface area contributed by atoms with Crippen molar-refractivity contribution in [2.75, 3.05) is 11.4 Å². The molecule has 0 unspecified atom stereocenters. The number of aromatic nitrogens is 1. The molecule has 3 heteroatoms. The number of para-hydroxylation sites is 2. The van der Waals surface area contributed by atoms with E-state index in [1.54, 1.807) is 0 Å². The van der Waals surface area contributed by atoms with Crippen LogP contribution in [0.3, 0.4) is 0 Å². The van der Waals surface area contributed by atoms with E-state index in [-0.39, 0.29) is 0 Å². The zero-order valence-electron chi connectivity index (χ0n) is 18.0. The predicted octanol–water partition coefficient (Wildman–Crippen LogP) is 6.42. The van der Waals surface area contributed by atoms with Gasteiger partial charge >= 0.3 is 0 Å². The average molecular weight is 416 g/mol. The van der Waals surface area contributed by atoms with E-state index in [0.29, 0.717) is 6.42 Å². The lowest BCUT2D eigenvalue weighted by atomic mass is 10.0. The van der Waals surface area contributed by atoms with Gasteiger partial charge in [-0.3, -0.25) is 0 Å². The van der Waals surface area contributed by atoms with Crippen molar-refractivity contribution in [2.24, 2.45) is 0 Å². The van der Waals surface area contributed by atoms with Gasteiger partial charge in [0.1, 0.15) is 0 Å². The van der Waals surface area contributed by atoms with E-state index in [1.807, 2.05) is 18.2 Å². The van der Waals surface area contributed by atoms with Crippen LogP contribution in [0.4, 0.5) is 5.69 Å². The number of pyridine rings is 1. The quantitative estimate of drug-likeness (QED) is 0.365. The predicted molar refractivity (Wildman–Crippen MR) is 132 cm³/mol. The van der Waals surface area contributed by atoms with Gasteiger partial charge in [-0.2, -0.15) is 5.26 Å². The Morgan fingerprint density at radius 2 is 1.84 bits per heavy atom. The van der Waals surface area contributed by atoms with Crippen LogP contribution >= 0.6 is 0 Å². The summed E-state index contributed by atoms with van der Waals surface area (Å²) in [5, 5.41) is 10.2. The topological polar surface area (TPSA) is 39.9 Å². The van der Waals surface area contributed by atoms with Crippen molar-refractivity contribution in [3.8, 4) is 6.07 Å². The summed E-state index contributed by atoms with van der Waals surface area (Å²) in [6.45, 7) is 1.91. The van der Waals surface area contributed by atoms with Crippen LogP contribution < -0.4 is 4.90 Å². The first-order valence-electron chi connectivity index (χ1n) is 11.2. The summed E-state index contributed by atoms with van der Waals surface area (Å²) >= 11 is 0. The van der Waals surface area contributed by atoms with E-state index in [1.165, 1.54) is 27.9 Å². The molecule has 0 bridgehead atoms. The van der Waals surface area contributed by atoms with Crippen molar-refractivity contribution in [1.29, 1.82) is 5.26 Å². The van der Waals surface area contributed by atoms with Gasteiger partial charge in [-0.25, -0.2) is 4.98 Å². The minimum absolute atomic E-state index is 0.563. The number of nitrogens with zero attached hydrogens (tertiary/aromatic N) is 3. The Bertz CT molecular complexity index is 1330. The number of anilines is 1. The van der Waals surface area contributed by atoms with E-state index < -0.39 is 0 Å². The second-order valence-corrected chi connectivity index (χ2v) is 8.26. The summed E-state index contributed by atoms with van der Waals surface area (Å²) in [7, 11) is 0. The molecule has 3 nitrogen and oxygen atoms in total. The molecule has 0 atom stereocenters. The molecule has 156 valence electrons. The monoisotopic (exact) mass is 415 g/mol. The summed E-state index contributed by atoms with van der Waals surface area (Å²) in [6, 6.07) is 29.9. The van der Waals surface area contributed by atoms with Crippen LogP contribution in [-0.2, 0) is 19.4 Å². The van der Waals surface area contributed by atoms with Crippen molar-refractivity contribution in [2.45, 2.75) is 25.8 Å². The molecule has 3 aromatic carbocycles. The number of hydrogen-bond acceptors (Lipinski definition) is 3. The Kier molecular flexibility index (Phi) is 5.68. The number of aryl methyl sites for hydroxylation is 1. The SMILES string of the molecule is N#CCCc1cccc2c1N(Cc1cccc(/C=C/c3ccc4ccccc4n3)c1)CC2. The smallest absolute Gasteiger partial charge is 0.0709 e. The van der Waals surface area contributed by atoms with Crippen molar-refractivity contribution >= 4 is 28.7 Å². The molecule has 0 N–H and O–H groups in total. The molecule has 1 aliphatic heterocycles. The van der Waals surface area contributed by atoms with Crippen molar-refractivity contribution in [3.05, 3.63) is 107 Å². The van der Waals surface area contributed by atoms with Crippen LogP contribution in [0, 0.1) is 11.3 Å². The van der Waals surface area contributed by atoms with Gasteiger partial charge in [0.25, 0.3) is 0 Å². The lowest BCUT2D eigenvalue weighted by Gasteiger charge is -2.22. The van der Waals surface area contributed by atoms with Gasteiger partial charge in [0.2, 0.25) is 0 Å². The Labute approximate surface area is 189 Å². The third-order valence-corrected chi connectivity index (χ3v) is 6.07. The lowest BCUT2D eigenvalue weighted by molar-refractivity contribution is 0.829. The van der Waals surface area contributed by atoms with Crippen molar-refractivity contribution in [1.82, 2.24) is 4.98 Å². The molecule has 0 aliphatic carbocycles. The van der Waals surface area contributed by atoms with Crippen LogP contribution in [0.1, 0.15) is 34.4 Å². The van der Waals surface area contributed by atoms with Gasteiger partial charge in [-0.05, 0) is 59.4 Å². The van der Waals surface area contributed by atoms with Crippen LogP contribution in [0.25, 0.3) is 23.1 Å². The molecular weight excluding hydrogens is 390 g/mol. The minimum Gasteiger partial charge on any atom is -0.366 e. The first-order valence-corrected chi connectivity index (χ1v) is 11.2. The fourth-order valence-electron chi connectivity index (χ4n) is 4.54. The molecule has 32 heavy (non-hydrogen) atoms. The Balaban J connectivity index is 1.34. The van der Waals surface area contributed by atoms with Gasteiger partial charge in [0, 0.05) is 30.6 Å². The second-order valence-electron chi connectivity index (χ2n) is 8.26. The molecule has 0 saturated heterocycles. The largest absolute Gasteiger partial charge is 0.366 e. The van der Waals surface area contributed by atoms with Gasteiger partial charge in [0.05, 0.1) is 17.3 Å². The Morgan fingerprint density at radius 3 is 2.78 bits per heavy atom. The molecule has 1 aromatic heterocycles. The molecule has 0 fully saturated rings. The summed E-state index contributed by atoms with van der Waals surface area (Å²) in [4.78, 5) is 7.21. The normalized spacial score (nSPS) is 12.9. The molecule has 4 aromatic rings. The van der Waals surface area contributed by atoms with Crippen molar-refractivity contribution < 1.29 is 0 Å². The summed E-state index contributed by atoms with van der Waals surface area (Å²) < 4.78 is 0. The van der Waals surface area contributed by atoms with Gasteiger partial charge in [-0.15, -0.1) is 0 Å². The van der Waals surface area contributed by atoms with Gasteiger partial charge < -0.3 is 4.90 Å². The number of nitriles is 1. The average Bonchev–Trinajstić information content (AvgIpc) is 3.25. The van der Waals surface area contributed by atoms with Gasteiger partial charge in [-0.1, -0.05) is 66.7 Å². The van der Waals surface area contributed by atoms with Crippen LogP contribution in [-0.4, -0.2) is 11.5 Å². The number of benzene rings is 3. The highest BCUT2D eigenvalue weighted by Crippen LogP contribution is 2.33. The maximum Gasteiger partial charge on any atom is 0.0709 e. The standard InChI is InChI=1S/C29H25N3/c30-18-5-11-25-9-4-10-26-17-19-32(29(25)26)21-23-7-3-6-22(20-23)13-15-27-16-14-24-8-1-2-12-28(24)31-27/h1-4,6-10,12-16,20H,5,11,17,19,21H2/b15-13+.